The topological polar surface area (TPSA) is 43.3 Å². The first-order valence-corrected chi connectivity index (χ1v) is 15.0. The molecule has 212 valence electrons. The maximum atomic E-state index is 6.30. The van der Waals surface area contributed by atoms with Crippen molar-refractivity contribution in [1.82, 2.24) is 4.31 Å². The molecular formula is C34H35ClN2O3S. The number of aliphatic imine (C=N–C) groups is 1. The average Bonchev–Trinajstić information content (AvgIpc) is 3.20. The lowest BCUT2D eigenvalue weighted by molar-refractivity contribution is 0.317. The summed E-state index contributed by atoms with van der Waals surface area (Å²) >= 11 is 8.01. The van der Waals surface area contributed by atoms with Gasteiger partial charge in [-0.1, -0.05) is 55.3 Å². The monoisotopic (exact) mass is 586 g/mol. The van der Waals surface area contributed by atoms with E-state index in [1.54, 1.807) is 26.2 Å². The first-order valence-electron chi connectivity index (χ1n) is 13.8. The van der Waals surface area contributed by atoms with Crippen molar-refractivity contribution >= 4 is 35.5 Å². The van der Waals surface area contributed by atoms with Crippen molar-refractivity contribution in [3.63, 3.8) is 0 Å². The van der Waals surface area contributed by atoms with Gasteiger partial charge in [0.05, 0.1) is 20.1 Å². The third-order valence-corrected chi connectivity index (χ3v) is 8.25. The molecule has 0 amide bonds. The summed E-state index contributed by atoms with van der Waals surface area (Å²) in [6, 6.07) is 28.8. The summed E-state index contributed by atoms with van der Waals surface area (Å²) in [4.78, 5) is 6.00. The van der Waals surface area contributed by atoms with E-state index in [2.05, 4.69) is 59.8 Å². The van der Waals surface area contributed by atoms with Crippen LogP contribution in [0.25, 0.3) is 0 Å². The first-order chi connectivity index (χ1) is 20.0. The Hall–Kier alpha value is -3.45. The quantitative estimate of drug-likeness (QED) is 0.164. The van der Waals surface area contributed by atoms with Gasteiger partial charge in [-0.3, -0.25) is 4.99 Å². The number of aryl methyl sites for hydroxylation is 1. The fourth-order valence-corrected chi connectivity index (χ4v) is 6.11. The largest absolute Gasteiger partial charge is 0.497 e. The minimum atomic E-state index is 0.0685. The molecule has 1 heterocycles. The van der Waals surface area contributed by atoms with Crippen molar-refractivity contribution in [2.24, 2.45) is 4.99 Å². The zero-order chi connectivity index (χ0) is 28.6. The molecule has 1 aliphatic heterocycles. The van der Waals surface area contributed by atoms with Gasteiger partial charge < -0.3 is 14.2 Å². The second-order valence-corrected chi connectivity index (χ2v) is 11.6. The minimum Gasteiger partial charge on any atom is -0.497 e. The Morgan fingerprint density at radius 2 is 1.54 bits per heavy atom. The van der Waals surface area contributed by atoms with Gasteiger partial charge in [0.1, 0.15) is 29.5 Å². The van der Waals surface area contributed by atoms with Crippen molar-refractivity contribution in [2.45, 2.75) is 43.7 Å². The third-order valence-electron chi connectivity index (χ3n) is 7.04. The molecule has 5 nitrogen and oxygen atoms in total. The van der Waals surface area contributed by atoms with Gasteiger partial charge in [0, 0.05) is 29.2 Å². The van der Waals surface area contributed by atoms with E-state index in [9.17, 15) is 0 Å². The molecular weight excluding hydrogens is 552 g/mol. The minimum absolute atomic E-state index is 0.0685. The van der Waals surface area contributed by atoms with E-state index in [1.807, 2.05) is 42.6 Å². The van der Waals surface area contributed by atoms with E-state index in [4.69, 9.17) is 30.8 Å². The van der Waals surface area contributed by atoms with Gasteiger partial charge in [-0.05, 0) is 95.2 Å². The van der Waals surface area contributed by atoms with Gasteiger partial charge in [0.2, 0.25) is 0 Å². The molecule has 0 bridgehead atoms. The highest BCUT2D eigenvalue weighted by Gasteiger charge is 2.20. The number of benzene rings is 4. The smallest absolute Gasteiger partial charge is 0.145 e. The molecule has 1 unspecified atom stereocenters. The number of fused-ring (bicyclic) bond motifs is 1. The molecule has 41 heavy (non-hydrogen) atoms. The Labute approximate surface area is 252 Å². The summed E-state index contributed by atoms with van der Waals surface area (Å²) in [5.74, 6) is 2.57. The van der Waals surface area contributed by atoms with E-state index < -0.39 is 0 Å². The van der Waals surface area contributed by atoms with Gasteiger partial charge in [-0.15, -0.1) is 0 Å². The second-order valence-electron chi connectivity index (χ2n) is 10.0. The van der Waals surface area contributed by atoms with Gasteiger partial charge in [0.25, 0.3) is 0 Å². The average molecular weight is 587 g/mol. The summed E-state index contributed by atoms with van der Waals surface area (Å²) in [6.07, 6.45) is 4.06. The highest BCUT2D eigenvalue weighted by Crippen LogP contribution is 2.38. The van der Waals surface area contributed by atoms with Gasteiger partial charge >= 0.3 is 0 Å². The van der Waals surface area contributed by atoms with Crippen LogP contribution in [0.3, 0.4) is 0 Å². The lowest BCUT2D eigenvalue weighted by Crippen LogP contribution is -2.15. The molecule has 0 aliphatic carbocycles. The number of rotatable bonds is 11. The molecule has 0 radical (unpaired) electrons. The normalized spacial score (nSPS) is 14.3. The molecule has 0 N–H and O–H groups in total. The molecule has 1 atom stereocenters. The molecule has 0 aromatic heterocycles. The molecule has 4 aromatic carbocycles. The van der Waals surface area contributed by atoms with Crippen LogP contribution >= 0.6 is 23.5 Å². The van der Waals surface area contributed by atoms with Crippen LogP contribution in [-0.2, 0) is 19.5 Å². The Morgan fingerprint density at radius 1 is 0.878 bits per heavy atom. The van der Waals surface area contributed by atoms with Crippen molar-refractivity contribution in [3.8, 4) is 17.2 Å². The van der Waals surface area contributed by atoms with E-state index >= 15 is 0 Å². The van der Waals surface area contributed by atoms with E-state index in [0.717, 1.165) is 58.8 Å². The van der Waals surface area contributed by atoms with Crippen LogP contribution < -0.4 is 14.2 Å². The van der Waals surface area contributed by atoms with Crippen LogP contribution in [0.4, 0.5) is 5.69 Å². The number of halogens is 1. The van der Waals surface area contributed by atoms with Crippen LogP contribution in [0, 0.1) is 0 Å². The summed E-state index contributed by atoms with van der Waals surface area (Å²) in [5.41, 5.74) is 5.74. The first kappa shape index (κ1) is 29.1. The molecule has 4 aromatic rings. The van der Waals surface area contributed by atoms with Gasteiger partial charge in [0.15, 0.2) is 0 Å². The van der Waals surface area contributed by atoms with Crippen LogP contribution in [0.15, 0.2) is 94.8 Å². The summed E-state index contributed by atoms with van der Waals surface area (Å²) < 4.78 is 19.3. The standard InChI is InChI=1S/C34H35ClN2O3S/c1-4-5-26-18-28(35)10-16-32(26)27-20-36-33-19-31(15-17-34(33)40-23-27)41-37(21-24-6-11-29(38-2)12-7-24)22-25-8-13-30(39-3)14-9-25/h6-20,27H,4-5,21-23H2,1-3H3. The van der Waals surface area contributed by atoms with E-state index in [0.29, 0.717) is 6.61 Å². The fraction of sp³-hybridized carbons (Fsp3) is 0.265. The Balaban J connectivity index is 1.36. The zero-order valence-electron chi connectivity index (χ0n) is 23.7. The zero-order valence-corrected chi connectivity index (χ0v) is 25.3. The van der Waals surface area contributed by atoms with Crippen LogP contribution in [0.1, 0.15) is 41.5 Å². The SMILES string of the molecule is CCCc1cc(Cl)ccc1C1C=Nc2cc(SN(Cc3ccc(OC)cc3)Cc3ccc(OC)cc3)ccc2OC1. The van der Waals surface area contributed by atoms with Gasteiger partial charge in [-0.25, -0.2) is 4.31 Å². The number of hydrogen-bond donors (Lipinski definition) is 0. The molecule has 7 heteroatoms. The van der Waals surface area contributed by atoms with Crippen molar-refractivity contribution in [3.05, 3.63) is 112 Å². The fourth-order valence-electron chi connectivity index (χ4n) is 4.90. The lowest BCUT2D eigenvalue weighted by Gasteiger charge is -2.22. The van der Waals surface area contributed by atoms with Crippen LogP contribution in [0.5, 0.6) is 17.2 Å². The molecule has 5 rings (SSSR count). The molecule has 0 saturated carbocycles. The maximum absolute atomic E-state index is 6.30. The summed E-state index contributed by atoms with van der Waals surface area (Å²) in [6.45, 7) is 4.25. The molecule has 0 fully saturated rings. The summed E-state index contributed by atoms with van der Waals surface area (Å²) in [5, 5.41) is 0.766. The van der Waals surface area contributed by atoms with Gasteiger partial charge in [-0.2, -0.15) is 0 Å². The van der Waals surface area contributed by atoms with E-state index in [-0.39, 0.29) is 5.92 Å². The Kier molecular flexibility index (Phi) is 9.88. The van der Waals surface area contributed by atoms with Crippen molar-refractivity contribution in [2.75, 3.05) is 20.8 Å². The number of ether oxygens (including phenoxy) is 3. The molecule has 0 saturated heterocycles. The second kappa shape index (κ2) is 13.9. The lowest BCUT2D eigenvalue weighted by atomic mass is 9.93. The van der Waals surface area contributed by atoms with Crippen molar-refractivity contribution < 1.29 is 14.2 Å². The highest BCUT2D eigenvalue weighted by molar-refractivity contribution is 7.97. The Bertz CT molecular complexity index is 1430. The predicted molar refractivity (Wildman–Crippen MR) is 169 cm³/mol. The number of nitrogens with zero attached hydrogens (tertiary/aromatic N) is 2. The van der Waals surface area contributed by atoms with E-state index in [1.165, 1.54) is 22.3 Å². The number of hydrogen-bond acceptors (Lipinski definition) is 6. The maximum Gasteiger partial charge on any atom is 0.145 e. The predicted octanol–water partition coefficient (Wildman–Crippen LogP) is 8.90. The molecule has 1 aliphatic rings. The molecule has 0 spiro atoms. The van der Waals surface area contributed by atoms with Crippen LogP contribution in [-0.4, -0.2) is 31.3 Å². The highest BCUT2D eigenvalue weighted by atomic mass is 35.5. The Morgan fingerprint density at radius 3 is 2.15 bits per heavy atom. The number of methoxy groups -OCH3 is 2. The third kappa shape index (κ3) is 7.64. The van der Waals surface area contributed by atoms with Crippen molar-refractivity contribution in [1.29, 1.82) is 0 Å². The summed E-state index contributed by atoms with van der Waals surface area (Å²) in [7, 11) is 3.38. The van der Waals surface area contributed by atoms with Crippen LogP contribution in [0.2, 0.25) is 5.02 Å².